The minimum Gasteiger partial charge on any atom is -0.497 e. The number of aliphatic hydroxyl groups excluding tert-OH is 1. The molecule has 3 atom stereocenters. The summed E-state index contributed by atoms with van der Waals surface area (Å²) in [6.07, 6.45) is -0.423. The van der Waals surface area contributed by atoms with Gasteiger partial charge in [0.15, 0.2) is 0 Å². The number of methoxy groups -OCH3 is 3. The fourth-order valence-corrected chi connectivity index (χ4v) is 5.47. The van der Waals surface area contributed by atoms with Gasteiger partial charge in [-0.25, -0.2) is 9.59 Å². The Kier molecular flexibility index (Phi) is 9.62. The van der Waals surface area contributed by atoms with E-state index in [4.69, 9.17) is 18.9 Å². The molecule has 2 N–H and O–H groups in total. The van der Waals surface area contributed by atoms with Gasteiger partial charge in [0.1, 0.15) is 29.4 Å². The summed E-state index contributed by atoms with van der Waals surface area (Å²) in [5.74, 6) is 0.690. The Hall–Kier alpha value is -4.97. The van der Waals surface area contributed by atoms with Gasteiger partial charge >= 0.3 is 11.7 Å². The van der Waals surface area contributed by atoms with Gasteiger partial charge in [-0.3, -0.25) is 14.3 Å². The van der Waals surface area contributed by atoms with E-state index in [1.807, 2.05) is 78.9 Å². The van der Waals surface area contributed by atoms with Crippen molar-refractivity contribution in [2.24, 2.45) is 0 Å². The van der Waals surface area contributed by atoms with Gasteiger partial charge in [0.05, 0.1) is 39.7 Å². The number of aliphatic hydroxyl groups is 1. The molecule has 4 aromatic rings. The van der Waals surface area contributed by atoms with Crippen LogP contribution in [0.3, 0.4) is 0 Å². The van der Waals surface area contributed by atoms with Crippen molar-refractivity contribution < 1.29 is 33.6 Å². The second-order valence-corrected chi connectivity index (χ2v) is 10.3. The number of aromatic amines is 1. The van der Waals surface area contributed by atoms with E-state index < -0.39 is 41.3 Å². The lowest BCUT2D eigenvalue weighted by molar-refractivity contribution is -0.134. The average Bonchev–Trinajstić information content (AvgIpc) is 3.43. The largest absolute Gasteiger partial charge is 0.497 e. The molecule has 11 heteroatoms. The van der Waals surface area contributed by atoms with Crippen molar-refractivity contribution >= 4 is 12.0 Å². The van der Waals surface area contributed by atoms with Crippen LogP contribution in [0.2, 0.25) is 0 Å². The normalized spacial score (nSPS) is 18.2. The quantitative estimate of drug-likeness (QED) is 0.148. The molecule has 1 aromatic heterocycles. The van der Waals surface area contributed by atoms with Crippen LogP contribution in [0.25, 0.3) is 6.08 Å². The fraction of sp³-hybridized carbons (Fsp3) is 0.265. The van der Waals surface area contributed by atoms with Gasteiger partial charge in [-0.05, 0) is 47.0 Å². The van der Waals surface area contributed by atoms with Crippen molar-refractivity contribution in [3.05, 3.63) is 134 Å². The van der Waals surface area contributed by atoms with Crippen molar-refractivity contribution in [1.29, 1.82) is 0 Å². The zero-order chi connectivity index (χ0) is 32.0. The zero-order valence-corrected chi connectivity index (χ0v) is 25.0. The van der Waals surface area contributed by atoms with Crippen molar-refractivity contribution in [1.82, 2.24) is 9.55 Å². The molecule has 1 saturated heterocycles. The molecule has 1 fully saturated rings. The Bertz CT molecular complexity index is 1700. The monoisotopic (exact) mass is 614 g/mol. The predicted octanol–water partition coefficient (Wildman–Crippen LogP) is 3.40. The predicted molar refractivity (Wildman–Crippen MR) is 165 cm³/mol. The third-order valence-corrected chi connectivity index (χ3v) is 7.73. The van der Waals surface area contributed by atoms with E-state index in [0.717, 1.165) is 28.8 Å². The first-order valence-corrected chi connectivity index (χ1v) is 14.2. The van der Waals surface area contributed by atoms with Crippen molar-refractivity contribution in [3.63, 3.8) is 0 Å². The van der Waals surface area contributed by atoms with Gasteiger partial charge in [0.25, 0.3) is 5.56 Å². The molecular formula is C34H34N2O9. The maximum absolute atomic E-state index is 12.9. The molecule has 11 nitrogen and oxygen atoms in total. The molecule has 0 saturated carbocycles. The summed E-state index contributed by atoms with van der Waals surface area (Å²) in [4.78, 5) is 38.9. The van der Waals surface area contributed by atoms with Crippen molar-refractivity contribution in [2.45, 2.75) is 30.5 Å². The smallest absolute Gasteiger partial charge is 0.330 e. The summed E-state index contributed by atoms with van der Waals surface area (Å²) >= 11 is 0. The summed E-state index contributed by atoms with van der Waals surface area (Å²) in [5, 5.41) is 11.1. The average molecular weight is 615 g/mol. The summed E-state index contributed by atoms with van der Waals surface area (Å²) in [6.45, 7) is -0.0734. The number of ether oxygens (including phenoxy) is 5. The van der Waals surface area contributed by atoms with E-state index in [2.05, 4.69) is 9.72 Å². The Balaban J connectivity index is 1.52. The Morgan fingerprint density at radius 3 is 2.07 bits per heavy atom. The van der Waals surface area contributed by atoms with E-state index in [-0.39, 0.29) is 18.7 Å². The van der Waals surface area contributed by atoms with Crippen LogP contribution in [-0.2, 0) is 24.6 Å². The standard InChI is InChI=1S/C34H34N2O9/c1-41-26-14-9-23(10-15-26)34(22-7-5-4-6-8-22,24-11-16-27(42-2)17-12-24)44-21-29-28(37)20-31(45-29)36-25(13-18-32(39)43-3)19-30(38)35-33(36)40/h4-19,28-29,31,37H,20-21H2,1-3H3,(H,35,38,40)/b18-13+/t28-,29+,31+/m0/s1. The van der Waals surface area contributed by atoms with Crippen LogP contribution in [-0.4, -0.2) is 60.8 Å². The molecule has 0 unspecified atom stereocenters. The Morgan fingerprint density at radius 2 is 1.51 bits per heavy atom. The maximum atomic E-state index is 12.9. The van der Waals surface area contributed by atoms with Crippen LogP contribution in [0, 0.1) is 0 Å². The number of esters is 1. The molecule has 5 rings (SSSR count). The number of rotatable bonds is 11. The number of carbonyl (C=O) groups is 1. The number of benzene rings is 3. The van der Waals surface area contributed by atoms with Gasteiger partial charge in [-0.2, -0.15) is 0 Å². The molecule has 0 amide bonds. The summed E-state index contributed by atoms with van der Waals surface area (Å²) in [6, 6.07) is 25.9. The summed E-state index contributed by atoms with van der Waals surface area (Å²) in [5.41, 5.74) is 0.00210. The molecule has 0 radical (unpaired) electrons. The van der Waals surface area contributed by atoms with E-state index in [1.54, 1.807) is 14.2 Å². The fourth-order valence-electron chi connectivity index (χ4n) is 5.47. The number of H-pyrrole nitrogens is 1. The number of nitrogens with one attached hydrogen (secondary N) is 1. The van der Waals surface area contributed by atoms with E-state index >= 15 is 0 Å². The summed E-state index contributed by atoms with van der Waals surface area (Å²) in [7, 11) is 4.41. The number of nitrogens with zero attached hydrogens (tertiary/aromatic N) is 1. The first kappa shape index (κ1) is 31.5. The van der Waals surface area contributed by atoms with Crippen LogP contribution in [0.5, 0.6) is 11.5 Å². The minimum absolute atomic E-state index is 0.0302. The second kappa shape index (κ2) is 13.8. The van der Waals surface area contributed by atoms with E-state index in [1.165, 1.54) is 17.8 Å². The Morgan fingerprint density at radius 1 is 0.933 bits per heavy atom. The number of carbonyl (C=O) groups excluding carboxylic acids is 1. The van der Waals surface area contributed by atoms with Crippen LogP contribution < -0.4 is 20.7 Å². The van der Waals surface area contributed by atoms with E-state index in [0.29, 0.717) is 11.5 Å². The molecule has 0 spiro atoms. The van der Waals surface area contributed by atoms with Gasteiger partial charge < -0.3 is 28.8 Å². The topological polar surface area (TPSA) is 138 Å². The van der Waals surface area contributed by atoms with Gasteiger partial charge in [-0.1, -0.05) is 54.6 Å². The molecule has 234 valence electrons. The number of hydrogen-bond donors (Lipinski definition) is 2. The second-order valence-electron chi connectivity index (χ2n) is 10.3. The first-order chi connectivity index (χ1) is 21.8. The highest BCUT2D eigenvalue weighted by molar-refractivity contribution is 5.86. The first-order valence-electron chi connectivity index (χ1n) is 14.2. The highest BCUT2D eigenvalue weighted by Crippen LogP contribution is 2.42. The zero-order valence-electron chi connectivity index (χ0n) is 25.0. The molecule has 1 aliphatic rings. The van der Waals surface area contributed by atoms with Gasteiger partial charge in [-0.15, -0.1) is 0 Å². The highest BCUT2D eigenvalue weighted by atomic mass is 16.6. The minimum atomic E-state index is -1.15. The van der Waals surface area contributed by atoms with Crippen LogP contribution in [0.4, 0.5) is 0 Å². The van der Waals surface area contributed by atoms with Crippen molar-refractivity contribution in [3.8, 4) is 11.5 Å². The van der Waals surface area contributed by atoms with Crippen molar-refractivity contribution in [2.75, 3.05) is 27.9 Å². The molecule has 0 bridgehead atoms. The number of aromatic nitrogens is 2. The lowest BCUT2D eigenvalue weighted by Crippen LogP contribution is -2.38. The van der Waals surface area contributed by atoms with E-state index in [9.17, 15) is 19.5 Å². The third kappa shape index (κ3) is 6.60. The third-order valence-electron chi connectivity index (χ3n) is 7.73. The van der Waals surface area contributed by atoms with Gasteiger partial charge in [0.2, 0.25) is 0 Å². The lowest BCUT2D eigenvalue weighted by atomic mass is 9.80. The summed E-state index contributed by atoms with van der Waals surface area (Å²) < 4.78 is 29.7. The molecule has 3 aromatic carbocycles. The van der Waals surface area contributed by atoms with Crippen LogP contribution >= 0.6 is 0 Å². The molecule has 1 aliphatic heterocycles. The molecule has 45 heavy (non-hydrogen) atoms. The lowest BCUT2D eigenvalue weighted by Gasteiger charge is -2.37. The number of hydrogen-bond acceptors (Lipinski definition) is 9. The highest BCUT2D eigenvalue weighted by Gasteiger charge is 2.42. The molecular weight excluding hydrogens is 580 g/mol. The molecule has 0 aliphatic carbocycles. The van der Waals surface area contributed by atoms with Crippen LogP contribution in [0.15, 0.2) is 101 Å². The SMILES string of the molecule is COC(=O)/C=C/c1cc(=O)[nH]c(=O)n1[C@H]1C[C@H](O)[C@@H](COC(c2ccccc2)(c2ccc(OC)cc2)c2ccc(OC)cc2)O1. The Labute approximate surface area is 259 Å². The molecule has 2 heterocycles. The van der Waals surface area contributed by atoms with Crippen LogP contribution in [0.1, 0.15) is 35.0 Å². The maximum Gasteiger partial charge on any atom is 0.330 e. The van der Waals surface area contributed by atoms with Gasteiger partial charge in [0, 0.05) is 18.6 Å².